The van der Waals surface area contributed by atoms with Crippen LogP contribution in [0.3, 0.4) is 0 Å². The molecule has 2 aliphatic rings. The van der Waals surface area contributed by atoms with Crippen LogP contribution in [0.2, 0.25) is 0 Å². The normalized spacial score (nSPS) is 18.7. The minimum atomic E-state index is -0.251. The summed E-state index contributed by atoms with van der Waals surface area (Å²) in [6, 6.07) is 2.07. The summed E-state index contributed by atoms with van der Waals surface area (Å²) in [5.74, 6) is 0.667. The second kappa shape index (κ2) is 7.87. The van der Waals surface area contributed by atoms with Crippen molar-refractivity contribution in [3.05, 3.63) is 31.9 Å². The van der Waals surface area contributed by atoms with E-state index in [-0.39, 0.29) is 17.0 Å². The summed E-state index contributed by atoms with van der Waals surface area (Å²) in [4.78, 5) is 29.6. The standard InChI is InChI=1S/C19H22N4O2S2/c1-4-7-23-16(22-8-5-6-9-22)13(12(2)14(11-20)17(23)24)10-15-18(25)21(3)19(26)27-15/h10H,4-9H2,1-3H3. The molecule has 1 aromatic rings. The predicted molar refractivity (Wildman–Crippen MR) is 113 cm³/mol. The van der Waals surface area contributed by atoms with E-state index >= 15 is 0 Å². The van der Waals surface area contributed by atoms with E-state index in [1.807, 2.05) is 6.92 Å². The number of nitrogens with zero attached hydrogens (tertiary/aromatic N) is 4. The Kier molecular flexibility index (Phi) is 5.72. The van der Waals surface area contributed by atoms with Crippen molar-refractivity contribution < 1.29 is 4.79 Å². The molecule has 8 heteroatoms. The quantitative estimate of drug-likeness (QED) is 0.570. The van der Waals surface area contributed by atoms with E-state index in [9.17, 15) is 14.9 Å². The van der Waals surface area contributed by atoms with Crippen molar-refractivity contribution in [1.29, 1.82) is 5.26 Å². The third-order valence-corrected chi connectivity index (χ3v) is 6.45. The van der Waals surface area contributed by atoms with E-state index in [4.69, 9.17) is 12.2 Å². The van der Waals surface area contributed by atoms with E-state index in [1.54, 1.807) is 24.6 Å². The Labute approximate surface area is 168 Å². The molecule has 27 heavy (non-hydrogen) atoms. The average Bonchev–Trinajstić information content (AvgIpc) is 3.25. The smallest absolute Gasteiger partial charge is 0.270 e. The van der Waals surface area contributed by atoms with Gasteiger partial charge in [-0.25, -0.2) is 0 Å². The van der Waals surface area contributed by atoms with Gasteiger partial charge in [-0.2, -0.15) is 5.26 Å². The number of carbonyl (C=O) groups is 1. The van der Waals surface area contributed by atoms with Gasteiger partial charge in [-0.05, 0) is 37.8 Å². The molecule has 6 nitrogen and oxygen atoms in total. The molecule has 0 aliphatic carbocycles. The number of amides is 1. The van der Waals surface area contributed by atoms with Crippen LogP contribution in [0.1, 0.15) is 42.9 Å². The molecule has 0 saturated carbocycles. The number of pyridine rings is 1. The highest BCUT2D eigenvalue weighted by Crippen LogP contribution is 2.35. The molecule has 2 aliphatic heterocycles. The van der Waals surface area contributed by atoms with Gasteiger partial charge in [-0.1, -0.05) is 30.9 Å². The number of aromatic nitrogens is 1. The zero-order chi connectivity index (χ0) is 19.7. The highest BCUT2D eigenvalue weighted by molar-refractivity contribution is 8.26. The molecule has 3 rings (SSSR count). The number of hydrogen-bond acceptors (Lipinski definition) is 6. The fourth-order valence-corrected chi connectivity index (χ4v) is 4.68. The first-order chi connectivity index (χ1) is 12.9. The molecule has 0 unspecified atom stereocenters. The summed E-state index contributed by atoms with van der Waals surface area (Å²) in [5, 5.41) is 9.57. The molecular formula is C19H22N4O2S2. The molecule has 142 valence electrons. The molecular weight excluding hydrogens is 380 g/mol. The van der Waals surface area contributed by atoms with E-state index in [0.29, 0.717) is 21.3 Å². The first-order valence-corrected chi connectivity index (χ1v) is 10.3. The lowest BCUT2D eigenvalue weighted by Crippen LogP contribution is -2.33. The molecule has 3 heterocycles. The summed E-state index contributed by atoms with van der Waals surface area (Å²) in [6.45, 7) is 6.06. The Morgan fingerprint density at radius 1 is 1.30 bits per heavy atom. The van der Waals surface area contributed by atoms with Crippen LogP contribution in [0.25, 0.3) is 6.08 Å². The zero-order valence-electron chi connectivity index (χ0n) is 15.7. The molecule has 2 fully saturated rings. The maximum absolute atomic E-state index is 12.9. The molecule has 2 saturated heterocycles. The van der Waals surface area contributed by atoms with Crippen molar-refractivity contribution in [2.24, 2.45) is 0 Å². The third kappa shape index (κ3) is 3.42. The number of anilines is 1. The first kappa shape index (κ1) is 19.6. The van der Waals surface area contributed by atoms with Crippen LogP contribution < -0.4 is 10.5 Å². The van der Waals surface area contributed by atoms with E-state index in [0.717, 1.165) is 43.7 Å². The third-order valence-electron chi connectivity index (χ3n) is 4.96. The second-order valence-electron chi connectivity index (χ2n) is 6.74. The van der Waals surface area contributed by atoms with Crippen LogP contribution in [-0.4, -0.2) is 39.8 Å². The van der Waals surface area contributed by atoms with Gasteiger partial charge in [0.05, 0.1) is 4.91 Å². The van der Waals surface area contributed by atoms with Gasteiger partial charge in [0.25, 0.3) is 11.5 Å². The van der Waals surface area contributed by atoms with E-state index < -0.39 is 0 Å². The van der Waals surface area contributed by atoms with E-state index in [1.165, 1.54) is 16.7 Å². The fourth-order valence-electron chi connectivity index (χ4n) is 3.52. The summed E-state index contributed by atoms with van der Waals surface area (Å²) < 4.78 is 2.21. The van der Waals surface area contributed by atoms with Gasteiger partial charge in [0.2, 0.25) is 0 Å². The van der Waals surface area contributed by atoms with Gasteiger partial charge in [0.15, 0.2) is 0 Å². The lowest BCUT2D eigenvalue weighted by molar-refractivity contribution is -0.121. The Morgan fingerprint density at radius 2 is 1.96 bits per heavy atom. The number of carbonyl (C=O) groups excluding carboxylic acids is 1. The molecule has 1 aromatic heterocycles. The number of rotatable bonds is 4. The topological polar surface area (TPSA) is 69.3 Å². The maximum atomic E-state index is 12.9. The Morgan fingerprint density at radius 3 is 2.48 bits per heavy atom. The largest absolute Gasteiger partial charge is 0.357 e. The molecule has 0 aromatic carbocycles. The lowest BCUT2D eigenvalue weighted by Gasteiger charge is -2.26. The number of nitriles is 1. The van der Waals surface area contributed by atoms with Crippen molar-refractivity contribution in [2.75, 3.05) is 25.0 Å². The summed E-state index contributed by atoms with van der Waals surface area (Å²) in [7, 11) is 1.66. The van der Waals surface area contributed by atoms with Crippen molar-refractivity contribution in [2.45, 2.75) is 39.7 Å². The van der Waals surface area contributed by atoms with Crippen molar-refractivity contribution in [3.8, 4) is 6.07 Å². The van der Waals surface area contributed by atoms with Gasteiger partial charge in [0, 0.05) is 32.2 Å². The SMILES string of the molecule is CCCn1c(N2CCCC2)c(C=C2SC(=S)N(C)C2=O)c(C)c(C#N)c1=O. The average molecular weight is 403 g/mol. The summed E-state index contributed by atoms with van der Waals surface area (Å²) in [6.07, 6.45) is 4.72. The second-order valence-corrected chi connectivity index (χ2v) is 8.42. The van der Waals surface area contributed by atoms with Crippen molar-refractivity contribution >= 4 is 46.1 Å². The van der Waals surface area contributed by atoms with Crippen LogP contribution in [-0.2, 0) is 11.3 Å². The van der Waals surface area contributed by atoms with Gasteiger partial charge >= 0.3 is 0 Å². The van der Waals surface area contributed by atoms with Crippen LogP contribution >= 0.6 is 24.0 Å². The highest BCUT2D eigenvalue weighted by atomic mass is 32.2. The van der Waals surface area contributed by atoms with Gasteiger partial charge < -0.3 is 4.90 Å². The van der Waals surface area contributed by atoms with Crippen LogP contribution in [0, 0.1) is 18.3 Å². The van der Waals surface area contributed by atoms with Crippen molar-refractivity contribution in [3.63, 3.8) is 0 Å². The Hall–Kier alpha value is -2.11. The molecule has 0 N–H and O–H groups in total. The van der Waals surface area contributed by atoms with Crippen molar-refractivity contribution in [1.82, 2.24) is 9.47 Å². The fraction of sp³-hybridized carbons (Fsp3) is 0.474. The molecule has 0 radical (unpaired) electrons. The number of hydrogen-bond donors (Lipinski definition) is 0. The van der Waals surface area contributed by atoms with Crippen LogP contribution in [0.4, 0.5) is 5.82 Å². The summed E-state index contributed by atoms with van der Waals surface area (Å²) >= 11 is 6.48. The number of likely N-dealkylation sites (N-methyl/N-ethyl adjacent to an activating group) is 1. The van der Waals surface area contributed by atoms with E-state index in [2.05, 4.69) is 11.0 Å². The monoisotopic (exact) mass is 402 g/mol. The van der Waals surface area contributed by atoms with Crippen LogP contribution in [0.15, 0.2) is 9.70 Å². The van der Waals surface area contributed by atoms with Gasteiger partial charge in [0.1, 0.15) is 21.8 Å². The first-order valence-electron chi connectivity index (χ1n) is 9.04. The minimum absolute atomic E-state index is 0.143. The Balaban J connectivity index is 2.30. The minimum Gasteiger partial charge on any atom is -0.357 e. The lowest BCUT2D eigenvalue weighted by atomic mass is 10.0. The predicted octanol–water partition coefficient (Wildman–Crippen LogP) is 2.87. The summed E-state index contributed by atoms with van der Waals surface area (Å²) in [5.41, 5.74) is 1.29. The van der Waals surface area contributed by atoms with Gasteiger partial charge in [-0.3, -0.25) is 19.1 Å². The number of thioether (sulfide) groups is 1. The zero-order valence-corrected chi connectivity index (χ0v) is 17.4. The Bertz CT molecular complexity index is 936. The molecule has 0 atom stereocenters. The maximum Gasteiger partial charge on any atom is 0.270 e. The van der Waals surface area contributed by atoms with Crippen LogP contribution in [0.5, 0.6) is 0 Å². The molecule has 0 spiro atoms. The highest BCUT2D eigenvalue weighted by Gasteiger charge is 2.31. The molecule has 0 bridgehead atoms. The molecule has 1 amide bonds. The number of thiocarbonyl (C=S) groups is 1. The van der Waals surface area contributed by atoms with Gasteiger partial charge in [-0.15, -0.1) is 0 Å².